The smallest absolute Gasteiger partial charge is 0.160 e. The van der Waals surface area contributed by atoms with Crippen molar-refractivity contribution >= 4 is 21.4 Å². The summed E-state index contributed by atoms with van der Waals surface area (Å²) in [4.78, 5) is 4.31. The molecule has 3 aromatic rings. The number of nitrogens with zero attached hydrogens (tertiary/aromatic N) is 4. The summed E-state index contributed by atoms with van der Waals surface area (Å²) in [7, 11) is -0.548. The van der Waals surface area contributed by atoms with Crippen LogP contribution in [0.1, 0.15) is 49.4 Å². The first-order valence-corrected chi connectivity index (χ1v) is 13.4. The van der Waals surface area contributed by atoms with Crippen LogP contribution < -0.4 is 9.47 Å². The van der Waals surface area contributed by atoms with Gasteiger partial charge >= 0.3 is 0 Å². The monoisotopic (exact) mass is 520 g/mol. The van der Waals surface area contributed by atoms with Crippen LogP contribution in [-0.4, -0.2) is 60.8 Å². The van der Waals surface area contributed by atoms with Crippen molar-refractivity contribution in [3.63, 3.8) is 0 Å². The third-order valence-electron chi connectivity index (χ3n) is 6.49. The number of hydrogen-bond acceptors (Lipinski definition) is 8. The number of rotatable bonds is 9. The fraction of sp³-hybridized carbons (Fsp3) is 0.458. The highest BCUT2D eigenvalue weighted by Gasteiger charge is 2.34. The van der Waals surface area contributed by atoms with Gasteiger partial charge in [-0.1, -0.05) is 24.6 Å². The molecule has 1 fully saturated rings. The van der Waals surface area contributed by atoms with Crippen LogP contribution in [0.3, 0.4) is 0 Å². The predicted octanol–water partition coefficient (Wildman–Crippen LogP) is 3.94. The molecular formula is C24H29ClN4O5S. The Bertz CT molecular complexity index is 1250. The second-order valence-corrected chi connectivity index (χ2v) is 11.4. The number of hydrogen-bond donors (Lipinski definition) is 0. The van der Waals surface area contributed by atoms with E-state index in [4.69, 9.17) is 25.8 Å². The summed E-state index contributed by atoms with van der Waals surface area (Å²) in [5, 5.41) is 8.52. The summed E-state index contributed by atoms with van der Waals surface area (Å²) >= 11 is 5.95. The molecule has 0 amide bonds. The van der Waals surface area contributed by atoms with Gasteiger partial charge in [-0.05, 0) is 37.6 Å². The number of methoxy groups -OCH3 is 2. The molecule has 11 heteroatoms. The van der Waals surface area contributed by atoms with Gasteiger partial charge in [0, 0.05) is 30.3 Å². The van der Waals surface area contributed by atoms with Crippen molar-refractivity contribution in [1.82, 2.24) is 19.7 Å². The fourth-order valence-corrected chi connectivity index (χ4v) is 5.92. The number of halogens is 1. The summed E-state index contributed by atoms with van der Waals surface area (Å²) in [6, 6.07) is 8.85. The highest BCUT2D eigenvalue weighted by molar-refractivity contribution is 7.91. The Morgan fingerprint density at radius 2 is 1.86 bits per heavy atom. The molecule has 2 aromatic heterocycles. The van der Waals surface area contributed by atoms with Crippen LogP contribution in [0, 0.1) is 0 Å². The van der Waals surface area contributed by atoms with E-state index in [1.807, 2.05) is 13.0 Å². The van der Waals surface area contributed by atoms with Gasteiger partial charge in [-0.2, -0.15) is 0 Å². The molecular weight excluding hydrogens is 492 g/mol. The molecule has 1 aliphatic heterocycles. The first kappa shape index (κ1) is 25.4. The van der Waals surface area contributed by atoms with Gasteiger partial charge in [0.05, 0.1) is 31.1 Å². The van der Waals surface area contributed by atoms with Crippen LogP contribution in [0.15, 0.2) is 36.5 Å². The lowest BCUT2D eigenvalue weighted by atomic mass is 10.0. The minimum absolute atomic E-state index is 0.0248. The molecule has 1 aromatic carbocycles. The molecule has 0 saturated carbocycles. The minimum Gasteiger partial charge on any atom is -0.494 e. The summed E-state index contributed by atoms with van der Waals surface area (Å²) in [6.45, 7) is 4.62. The van der Waals surface area contributed by atoms with E-state index < -0.39 is 15.1 Å². The number of aromatic nitrogens is 4. The van der Waals surface area contributed by atoms with E-state index in [0.717, 1.165) is 6.42 Å². The van der Waals surface area contributed by atoms with Crippen molar-refractivity contribution in [2.24, 2.45) is 0 Å². The molecule has 4 rings (SSSR count). The molecule has 0 N–H and O–H groups in total. The van der Waals surface area contributed by atoms with Crippen molar-refractivity contribution in [3.05, 3.63) is 58.9 Å². The number of benzene rings is 1. The first-order chi connectivity index (χ1) is 16.8. The molecule has 1 saturated heterocycles. The Labute approximate surface area is 210 Å². The SMILES string of the molecule is COc1cccc(OC)c1-n1c(CS(=O)(=O)[C@@H](C)[C@H](C)c2ccc(Cl)cn2)nnc1[C@@H]1CCOC1. The number of ether oxygens (including phenoxy) is 3. The van der Waals surface area contributed by atoms with E-state index in [1.165, 1.54) is 6.20 Å². The molecule has 0 aliphatic carbocycles. The lowest BCUT2D eigenvalue weighted by molar-refractivity contribution is 0.193. The Hall–Kier alpha value is -2.69. The van der Waals surface area contributed by atoms with Gasteiger partial charge in [0.2, 0.25) is 0 Å². The highest BCUT2D eigenvalue weighted by Crippen LogP contribution is 2.37. The van der Waals surface area contributed by atoms with Crippen molar-refractivity contribution in [1.29, 1.82) is 0 Å². The van der Waals surface area contributed by atoms with Crippen molar-refractivity contribution in [2.45, 2.75) is 43.1 Å². The maximum absolute atomic E-state index is 13.6. The second kappa shape index (κ2) is 10.5. The average molecular weight is 521 g/mol. The Balaban J connectivity index is 1.76. The second-order valence-electron chi connectivity index (χ2n) is 8.58. The van der Waals surface area contributed by atoms with Crippen molar-refractivity contribution < 1.29 is 22.6 Å². The zero-order valence-corrected chi connectivity index (χ0v) is 21.7. The van der Waals surface area contributed by atoms with Gasteiger partial charge in [0.25, 0.3) is 0 Å². The number of sulfone groups is 1. The molecule has 188 valence electrons. The van der Waals surface area contributed by atoms with Crippen LogP contribution in [0.4, 0.5) is 0 Å². The standard InChI is InChI=1S/C24H29ClN4O5S/c1-15(19-9-8-18(25)12-26-19)16(2)35(30,31)14-22-27-28-24(17-10-11-34-13-17)29(22)23-20(32-3)6-5-7-21(23)33-4/h5-9,12,15-17H,10-11,13-14H2,1-4H3/t15-,16-,17+/m0/s1. The van der Waals surface area contributed by atoms with Crippen molar-refractivity contribution in [3.8, 4) is 17.2 Å². The normalized spacial score (nSPS) is 17.8. The molecule has 0 spiro atoms. The Kier molecular flexibility index (Phi) is 7.63. The Morgan fingerprint density at radius 1 is 1.14 bits per heavy atom. The molecule has 35 heavy (non-hydrogen) atoms. The van der Waals surface area contributed by atoms with Crippen LogP contribution in [0.25, 0.3) is 5.69 Å². The van der Waals surface area contributed by atoms with Gasteiger partial charge < -0.3 is 14.2 Å². The zero-order valence-electron chi connectivity index (χ0n) is 20.1. The van der Waals surface area contributed by atoms with E-state index in [0.29, 0.717) is 46.9 Å². The summed E-state index contributed by atoms with van der Waals surface area (Å²) in [6.07, 6.45) is 2.28. The van der Waals surface area contributed by atoms with Crippen LogP contribution in [0.5, 0.6) is 11.5 Å². The highest BCUT2D eigenvalue weighted by atomic mass is 35.5. The van der Waals surface area contributed by atoms with Gasteiger partial charge in [-0.25, -0.2) is 8.42 Å². The first-order valence-electron chi connectivity index (χ1n) is 11.3. The van der Waals surface area contributed by atoms with Crippen LogP contribution >= 0.6 is 11.6 Å². The number of para-hydroxylation sites is 1. The molecule has 0 unspecified atom stereocenters. The van der Waals surface area contributed by atoms with Crippen LogP contribution in [-0.2, 0) is 20.3 Å². The molecule has 0 radical (unpaired) electrons. The third kappa shape index (κ3) is 5.14. The van der Waals surface area contributed by atoms with E-state index >= 15 is 0 Å². The van der Waals surface area contributed by atoms with Crippen molar-refractivity contribution in [2.75, 3.05) is 27.4 Å². The van der Waals surface area contributed by atoms with Gasteiger partial charge in [0.1, 0.15) is 28.8 Å². The van der Waals surface area contributed by atoms with Crippen LogP contribution in [0.2, 0.25) is 5.02 Å². The predicted molar refractivity (Wildman–Crippen MR) is 132 cm³/mol. The lowest BCUT2D eigenvalue weighted by Crippen LogP contribution is -2.27. The largest absolute Gasteiger partial charge is 0.494 e. The van der Waals surface area contributed by atoms with Gasteiger partial charge in [0.15, 0.2) is 15.7 Å². The average Bonchev–Trinajstić information content (AvgIpc) is 3.52. The summed E-state index contributed by atoms with van der Waals surface area (Å²) in [5.74, 6) is 1.27. The summed E-state index contributed by atoms with van der Waals surface area (Å²) < 4.78 is 45.7. The minimum atomic E-state index is -3.66. The zero-order chi connectivity index (χ0) is 25.2. The van der Waals surface area contributed by atoms with E-state index in [1.54, 1.807) is 50.0 Å². The molecule has 1 aliphatic rings. The topological polar surface area (TPSA) is 105 Å². The molecule has 0 bridgehead atoms. The fourth-order valence-electron chi connectivity index (χ4n) is 4.24. The molecule has 9 nitrogen and oxygen atoms in total. The third-order valence-corrected chi connectivity index (χ3v) is 8.92. The van der Waals surface area contributed by atoms with E-state index in [-0.39, 0.29) is 23.4 Å². The lowest BCUT2D eigenvalue weighted by Gasteiger charge is -2.21. The maximum Gasteiger partial charge on any atom is 0.160 e. The van der Waals surface area contributed by atoms with E-state index in [2.05, 4.69) is 15.2 Å². The summed E-state index contributed by atoms with van der Waals surface area (Å²) in [5.41, 5.74) is 1.22. The quantitative estimate of drug-likeness (QED) is 0.417. The molecule has 3 heterocycles. The maximum atomic E-state index is 13.6. The molecule has 3 atom stereocenters. The van der Waals surface area contributed by atoms with E-state index in [9.17, 15) is 8.42 Å². The van der Waals surface area contributed by atoms with Gasteiger partial charge in [-0.15, -0.1) is 10.2 Å². The Morgan fingerprint density at radius 3 is 2.43 bits per heavy atom. The number of pyridine rings is 1. The van der Waals surface area contributed by atoms with Gasteiger partial charge in [-0.3, -0.25) is 9.55 Å².